The van der Waals surface area contributed by atoms with E-state index in [9.17, 15) is 0 Å². The lowest BCUT2D eigenvalue weighted by Gasteiger charge is -2.30. The Bertz CT molecular complexity index is 1070. The molecule has 1 N–H and O–H groups in total. The summed E-state index contributed by atoms with van der Waals surface area (Å²) in [4.78, 5) is 4.88. The van der Waals surface area contributed by atoms with Crippen LogP contribution >= 0.6 is 11.6 Å². The Hall–Kier alpha value is -2.78. The minimum Gasteiger partial charge on any atom is -0.361 e. The molecule has 0 unspecified atom stereocenters. The van der Waals surface area contributed by atoms with Gasteiger partial charge in [-0.3, -0.25) is 4.57 Å². The normalized spacial score (nSPS) is 15.6. The smallest absolute Gasteiger partial charge is 0.145 e. The summed E-state index contributed by atoms with van der Waals surface area (Å²) >= 11 is 6.23. The van der Waals surface area contributed by atoms with E-state index in [4.69, 9.17) is 16.6 Å². The van der Waals surface area contributed by atoms with Gasteiger partial charge in [-0.05, 0) is 42.0 Å². The van der Waals surface area contributed by atoms with E-state index >= 15 is 0 Å². The molecule has 0 spiro atoms. The molecule has 0 saturated carbocycles. The lowest BCUT2D eigenvalue weighted by molar-refractivity contribution is 0.669. The van der Waals surface area contributed by atoms with Crippen LogP contribution in [0.1, 0.15) is 11.7 Å². The van der Waals surface area contributed by atoms with Gasteiger partial charge >= 0.3 is 0 Å². The molecule has 5 rings (SSSR count). The van der Waals surface area contributed by atoms with E-state index in [0.717, 1.165) is 38.7 Å². The molecule has 0 bridgehead atoms. The molecule has 0 aliphatic carbocycles. The van der Waals surface area contributed by atoms with E-state index < -0.39 is 0 Å². The number of hydrogen-bond acceptors (Lipinski definition) is 2. The van der Waals surface area contributed by atoms with Crippen molar-refractivity contribution in [1.29, 1.82) is 0 Å². The lowest BCUT2D eigenvalue weighted by atomic mass is 10.1. The van der Waals surface area contributed by atoms with Crippen molar-refractivity contribution >= 4 is 28.3 Å². The maximum Gasteiger partial charge on any atom is 0.145 e. The molecule has 4 aromatic rings. The van der Waals surface area contributed by atoms with E-state index in [2.05, 4.69) is 40.2 Å². The van der Waals surface area contributed by atoms with Gasteiger partial charge in [-0.2, -0.15) is 0 Å². The zero-order valence-electron chi connectivity index (χ0n) is 12.8. The Morgan fingerprint density at radius 3 is 2.67 bits per heavy atom. The molecule has 24 heavy (non-hydrogen) atoms. The number of aromatic nitrogens is 2. The van der Waals surface area contributed by atoms with Crippen LogP contribution in [-0.2, 0) is 0 Å². The fraction of sp³-hybridized carbons (Fsp3) is 0.0500. The first-order chi connectivity index (χ1) is 11.8. The van der Waals surface area contributed by atoms with Gasteiger partial charge in [-0.1, -0.05) is 48.0 Å². The Balaban J connectivity index is 1.83. The molecule has 0 saturated heterocycles. The summed E-state index contributed by atoms with van der Waals surface area (Å²) in [5, 5.41) is 4.37. The van der Waals surface area contributed by atoms with Crippen molar-refractivity contribution in [3.8, 4) is 11.4 Å². The third kappa shape index (κ3) is 1.95. The molecule has 116 valence electrons. The molecule has 3 aromatic carbocycles. The van der Waals surface area contributed by atoms with Gasteiger partial charge in [0.1, 0.15) is 12.0 Å². The molecule has 1 aliphatic heterocycles. The summed E-state index contributed by atoms with van der Waals surface area (Å²) in [7, 11) is 0. The fourth-order valence-corrected chi connectivity index (χ4v) is 3.62. The molecule has 0 amide bonds. The van der Waals surface area contributed by atoms with E-state index in [1.54, 1.807) is 0 Å². The number of anilines is 1. The maximum absolute atomic E-state index is 6.23. The van der Waals surface area contributed by atoms with Crippen LogP contribution in [0.25, 0.3) is 22.4 Å². The number of nitrogens with zero attached hydrogens (tertiary/aromatic N) is 2. The predicted octanol–water partition coefficient (Wildman–Crippen LogP) is 5.33. The largest absolute Gasteiger partial charge is 0.361 e. The molecule has 0 radical (unpaired) electrons. The van der Waals surface area contributed by atoms with Gasteiger partial charge in [0.25, 0.3) is 0 Å². The molecule has 0 fully saturated rings. The van der Waals surface area contributed by atoms with Crippen LogP contribution in [0.3, 0.4) is 0 Å². The zero-order chi connectivity index (χ0) is 16.1. The molecule has 1 aliphatic rings. The van der Waals surface area contributed by atoms with Crippen LogP contribution in [0, 0.1) is 0 Å². The Kier molecular flexibility index (Phi) is 2.91. The first kappa shape index (κ1) is 13.6. The first-order valence-electron chi connectivity index (χ1n) is 7.90. The third-order valence-corrected chi connectivity index (χ3v) is 4.71. The topological polar surface area (TPSA) is 29.9 Å². The van der Waals surface area contributed by atoms with Crippen LogP contribution < -0.4 is 5.32 Å². The number of rotatable bonds is 1. The van der Waals surface area contributed by atoms with Gasteiger partial charge < -0.3 is 5.32 Å². The number of fused-ring (bicyclic) bond motifs is 5. The zero-order valence-corrected chi connectivity index (χ0v) is 13.5. The van der Waals surface area contributed by atoms with Crippen molar-refractivity contribution in [2.75, 3.05) is 5.32 Å². The fourth-order valence-electron chi connectivity index (χ4n) is 3.42. The number of nitrogens with one attached hydrogen (secondary N) is 1. The molecule has 2 heterocycles. The van der Waals surface area contributed by atoms with Crippen molar-refractivity contribution in [2.45, 2.75) is 6.17 Å². The van der Waals surface area contributed by atoms with Crippen molar-refractivity contribution < 1.29 is 0 Å². The van der Waals surface area contributed by atoms with Gasteiger partial charge in [0.05, 0.1) is 11.0 Å². The summed E-state index contributed by atoms with van der Waals surface area (Å²) in [6.07, 6.45) is -0.0407. The number of hydrogen-bond donors (Lipinski definition) is 1. The number of halogens is 1. The van der Waals surface area contributed by atoms with Crippen molar-refractivity contribution in [1.82, 2.24) is 9.55 Å². The molecule has 3 nitrogen and oxygen atoms in total. The average Bonchev–Trinajstić information content (AvgIpc) is 3.01. The van der Waals surface area contributed by atoms with E-state index in [0.29, 0.717) is 0 Å². The van der Waals surface area contributed by atoms with Crippen LogP contribution in [0.15, 0.2) is 72.8 Å². The lowest BCUT2D eigenvalue weighted by Crippen LogP contribution is -2.24. The highest BCUT2D eigenvalue weighted by atomic mass is 35.5. The quantitative estimate of drug-likeness (QED) is 0.511. The van der Waals surface area contributed by atoms with Crippen LogP contribution in [0.5, 0.6) is 0 Å². The highest BCUT2D eigenvalue weighted by Crippen LogP contribution is 2.40. The summed E-state index contributed by atoms with van der Waals surface area (Å²) in [5.74, 6) is 0.982. The summed E-state index contributed by atoms with van der Waals surface area (Å²) in [6.45, 7) is 0. The maximum atomic E-state index is 6.23. The second kappa shape index (κ2) is 5.11. The molecule has 1 atom stereocenters. The van der Waals surface area contributed by atoms with Gasteiger partial charge in [0.15, 0.2) is 0 Å². The van der Waals surface area contributed by atoms with Gasteiger partial charge in [0, 0.05) is 16.3 Å². The monoisotopic (exact) mass is 331 g/mol. The second-order valence-electron chi connectivity index (χ2n) is 5.94. The van der Waals surface area contributed by atoms with E-state index in [1.165, 1.54) is 0 Å². The molecular formula is C20H14ClN3. The predicted molar refractivity (Wildman–Crippen MR) is 98.4 cm³/mol. The van der Waals surface area contributed by atoms with Crippen molar-refractivity contribution in [3.05, 3.63) is 83.4 Å². The minimum absolute atomic E-state index is 0.0407. The van der Waals surface area contributed by atoms with Crippen molar-refractivity contribution in [3.63, 3.8) is 0 Å². The Morgan fingerprint density at radius 2 is 1.75 bits per heavy atom. The summed E-state index contributed by atoms with van der Waals surface area (Å²) in [5.41, 5.74) is 5.43. The van der Waals surface area contributed by atoms with Crippen LogP contribution in [-0.4, -0.2) is 9.55 Å². The SMILES string of the molecule is Clc1cccc([C@H]2Nc3ccccc3-c3nc4ccccc4n32)c1. The Morgan fingerprint density at radius 1 is 0.917 bits per heavy atom. The van der Waals surface area contributed by atoms with Gasteiger partial charge in [-0.25, -0.2) is 4.98 Å². The summed E-state index contributed by atoms with van der Waals surface area (Å²) < 4.78 is 2.25. The number of benzene rings is 3. The number of imidazole rings is 1. The van der Waals surface area contributed by atoms with Gasteiger partial charge in [-0.15, -0.1) is 0 Å². The Labute approximate surface area is 144 Å². The number of para-hydroxylation sites is 3. The average molecular weight is 332 g/mol. The van der Waals surface area contributed by atoms with E-state index in [1.807, 2.05) is 42.5 Å². The molecule has 1 aromatic heterocycles. The van der Waals surface area contributed by atoms with Crippen molar-refractivity contribution in [2.24, 2.45) is 0 Å². The minimum atomic E-state index is -0.0407. The highest BCUT2D eigenvalue weighted by molar-refractivity contribution is 6.30. The van der Waals surface area contributed by atoms with E-state index in [-0.39, 0.29) is 6.17 Å². The summed E-state index contributed by atoms with van der Waals surface area (Å²) in [6, 6.07) is 24.5. The highest BCUT2D eigenvalue weighted by Gasteiger charge is 2.27. The van der Waals surface area contributed by atoms with Crippen LogP contribution in [0.4, 0.5) is 5.69 Å². The molecular weight excluding hydrogens is 318 g/mol. The third-order valence-electron chi connectivity index (χ3n) is 4.48. The van der Waals surface area contributed by atoms with Gasteiger partial charge in [0.2, 0.25) is 0 Å². The standard InChI is InChI=1S/C20H14ClN3/c21-14-7-5-6-13(12-14)19-22-16-9-2-1-8-15(16)20-23-17-10-3-4-11-18(17)24(19)20/h1-12,19,22H/t19-/m0/s1. The molecule has 4 heteroatoms. The first-order valence-corrected chi connectivity index (χ1v) is 8.27. The second-order valence-corrected chi connectivity index (χ2v) is 6.38. The van der Waals surface area contributed by atoms with Crippen LogP contribution in [0.2, 0.25) is 5.02 Å².